The standard InChI is InChI=1S/C16H17FN2OS/c1-10-7-8-12(20-3)9-15(10)19-16(21)18-14-6-4-5-13(17)11(14)2/h4-9H,1-3H3,(H2,18,19,21). The van der Waals surface area contributed by atoms with Crippen molar-refractivity contribution in [2.24, 2.45) is 0 Å². The molecule has 0 aliphatic carbocycles. The third-order valence-corrected chi connectivity index (χ3v) is 3.41. The molecule has 0 radical (unpaired) electrons. The van der Waals surface area contributed by atoms with Crippen LogP contribution in [-0.4, -0.2) is 12.2 Å². The Labute approximate surface area is 129 Å². The Morgan fingerprint density at radius 2 is 1.81 bits per heavy atom. The highest BCUT2D eigenvalue weighted by atomic mass is 32.1. The number of aryl methyl sites for hydroxylation is 1. The SMILES string of the molecule is COc1ccc(C)c(NC(=S)Nc2cccc(F)c2C)c1. The number of anilines is 2. The summed E-state index contributed by atoms with van der Waals surface area (Å²) in [7, 11) is 1.61. The fourth-order valence-corrected chi connectivity index (χ4v) is 2.10. The zero-order valence-corrected chi connectivity index (χ0v) is 13.0. The molecular formula is C16H17FN2OS. The molecule has 0 amide bonds. The average molecular weight is 304 g/mol. The molecule has 0 saturated carbocycles. The summed E-state index contributed by atoms with van der Waals surface area (Å²) in [5, 5.41) is 6.50. The summed E-state index contributed by atoms with van der Waals surface area (Å²) >= 11 is 5.27. The Bertz CT molecular complexity index is 673. The summed E-state index contributed by atoms with van der Waals surface area (Å²) in [4.78, 5) is 0. The van der Waals surface area contributed by atoms with E-state index in [2.05, 4.69) is 10.6 Å². The van der Waals surface area contributed by atoms with E-state index < -0.39 is 0 Å². The van der Waals surface area contributed by atoms with Gasteiger partial charge in [-0.05, 0) is 49.8 Å². The largest absolute Gasteiger partial charge is 0.497 e. The third-order valence-electron chi connectivity index (χ3n) is 3.21. The highest BCUT2D eigenvalue weighted by Crippen LogP contribution is 2.22. The summed E-state index contributed by atoms with van der Waals surface area (Å²) in [5.74, 6) is 0.480. The molecule has 0 unspecified atom stereocenters. The molecule has 0 bridgehead atoms. The molecule has 0 aliphatic rings. The number of hydrogen-bond donors (Lipinski definition) is 2. The molecule has 3 nitrogen and oxygen atoms in total. The Morgan fingerprint density at radius 1 is 1.10 bits per heavy atom. The molecule has 2 aromatic rings. The predicted octanol–water partition coefficient (Wildman–Crippen LogP) is 4.26. The first-order chi connectivity index (χ1) is 10.0. The number of thiocarbonyl (C=S) groups is 1. The minimum Gasteiger partial charge on any atom is -0.497 e. The molecule has 0 heterocycles. The first-order valence-electron chi connectivity index (χ1n) is 6.49. The summed E-state index contributed by atoms with van der Waals surface area (Å²) < 4.78 is 18.7. The Balaban J connectivity index is 2.13. The van der Waals surface area contributed by atoms with Gasteiger partial charge in [0.05, 0.1) is 7.11 Å². The van der Waals surface area contributed by atoms with Crippen molar-refractivity contribution in [1.29, 1.82) is 0 Å². The fraction of sp³-hybridized carbons (Fsp3) is 0.188. The fourth-order valence-electron chi connectivity index (χ4n) is 1.88. The van der Waals surface area contributed by atoms with Crippen LogP contribution in [0.2, 0.25) is 0 Å². The maximum Gasteiger partial charge on any atom is 0.175 e. The lowest BCUT2D eigenvalue weighted by Gasteiger charge is -2.15. The number of hydrogen-bond acceptors (Lipinski definition) is 2. The Morgan fingerprint density at radius 3 is 2.52 bits per heavy atom. The van der Waals surface area contributed by atoms with Crippen LogP contribution >= 0.6 is 12.2 Å². The molecule has 0 atom stereocenters. The number of nitrogens with one attached hydrogen (secondary N) is 2. The summed E-state index contributed by atoms with van der Waals surface area (Å²) in [6, 6.07) is 10.5. The van der Waals surface area contributed by atoms with Crippen molar-refractivity contribution in [3.05, 3.63) is 53.3 Å². The highest BCUT2D eigenvalue weighted by molar-refractivity contribution is 7.80. The molecule has 2 N–H and O–H groups in total. The first kappa shape index (κ1) is 15.3. The van der Waals surface area contributed by atoms with Crippen LogP contribution in [0.3, 0.4) is 0 Å². The van der Waals surface area contributed by atoms with Gasteiger partial charge in [-0.2, -0.15) is 0 Å². The van der Waals surface area contributed by atoms with E-state index in [1.165, 1.54) is 6.07 Å². The van der Waals surface area contributed by atoms with E-state index in [1.54, 1.807) is 26.2 Å². The molecule has 0 fully saturated rings. The molecule has 0 aromatic heterocycles. The first-order valence-corrected chi connectivity index (χ1v) is 6.90. The van der Waals surface area contributed by atoms with Crippen LogP contribution in [0.25, 0.3) is 0 Å². The monoisotopic (exact) mass is 304 g/mol. The molecule has 2 aromatic carbocycles. The van der Waals surface area contributed by atoms with Gasteiger partial charge in [0.15, 0.2) is 5.11 Å². The zero-order valence-electron chi connectivity index (χ0n) is 12.2. The van der Waals surface area contributed by atoms with Crippen molar-refractivity contribution in [3.8, 4) is 5.75 Å². The van der Waals surface area contributed by atoms with Crippen LogP contribution in [0.15, 0.2) is 36.4 Å². The van der Waals surface area contributed by atoms with Crippen LogP contribution in [0.1, 0.15) is 11.1 Å². The van der Waals surface area contributed by atoms with Crippen molar-refractivity contribution in [1.82, 2.24) is 0 Å². The quantitative estimate of drug-likeness (QED) is 0.830. The van der Waals surface area contributed by atoms with Crippen LogP contribution in [-0.2, 0) is 0 Å². The molecule has 0 aliphatic heterocycles. The minimum absolute atomic E-state index is 0.264. The maximum absolute atomic E-state index is 13.5. The van der Waals surface area contributed by atoms with Gasteiger partial charge in [0.2, 0.25) is 0 Å². The normalized spacial score (nSPS) is 10.1. The van der Waals surface area contributed by atoms with Gasteiger partial charge in [-0.3, -0.25) is 0 Å². The van der Waals surface area contributed by atoms with Crippen LogP contribution in [0.4, 0.5) is 15.8 Å². The topological polar surface area (TPSA) is 33.3 Å². The van der Waals surface area contributed by atoms with E-state index in [9.17, 15) is 4.39 Å². The average Bonchev–Trinajstić information content (AvgIpc) is 2.46. The summed E-state index contributed by atoms with van der Waals surface area (Å²) in [6.45, 7) is 3.68. The van der Waals surface area contributed by atoms with E-state index in [-0.39, 0.29) is 5.82 Å². The van der Waals surface area contributed by atoms with Crippen molar-refractivity contribution in [2.75, 3.05) is 17.7 Å². The second-order valence-electron chi connectivity index (χ2n) is 4.67. The number of methoxy groups -OCH3 is 1. The van der Waals surface area contributed by atoms with Crippen molar-refractivity contribution >= 4 is 28.7 Å². The lowest BCUT2D eigenvalue weighted by molar-refractivity contribution is 0.415. The molecule has 110 valence electrons. The van der Waals surface area contributed by atoms with Crippen molar-refractivity contribution < 1.29 is 9.13 Å². The lowest BCUT2D eigenvalue weighted by atomic mass is 10.2. The van der Waals surface area contributed by atoms with Gasteiger partial charge >= 0.3 is 0 Å². The maximum atomic E-state index is 13.5. The van der Waals surface area contributed by atoms with E-state index in [4.69, 9.17) is 17.0 Å². The predicted molar refractivity (Wildman–Crippen MR) is 88.7 cm³/mol. The van der Waals surface area contributed by atoms with Gasteiger partial charge < -0.3 is 15.4 Å². The minimum atomic E-state index is -0.264. The Kier molecular flexibility index (Phi) is 4.75. The zero-order chi connectivity index (χ0) is 15.4. The van der Waals surface area contributed by atoms with E-state index in [0.29, 0.717) is 16.4 Å². The highest BCUT2D eigenvalue weighted by Gasteiger charge is 2.07. The van der Waals surface area contributed by atoms with Gasteiger partial charge in [0, 0.05) is 23.0 Å². The summed E-state index contributed by atoms with van der Waals surface area (Å²) in [6.07, 6.45) is 0. The van der Waals surface area contributed by atoms with Gasteiger partial charge in [0.25, 0.3) is 0 Å². The van der Waals surface area contributed by atoms with E-state index in [0.717, 1.165) is 17.0 Å². The summed E-state index contributed by atoms with van der Waals surface area (Å²) in [5.41, 5.74) is 3.06. The van der Waals surface area contributed by atoms with Crippen LogP contribution in [0, 0.1) is 19.7 Å². The third kappa shape index (κ3) is 3.70. The van der Waals surface area contributed by atoms with Crippen molar-refractivity contribution in [2.45, 2.75) is 13.8 Å². The van der Waals surface area contributed by atoms with E-state index >= 15 is 0 Å². The molecule has 2 rings (SSSR count). The van der Waals surface area contributed by atoms with Gasteiger partial charge in [-0.1, -0.05) is 12.1 Å². The van der Waals surface area contributed by atoms with E-state index in [1.807, 2.05) is 25.1 Å². The molecule has 0 saturated heterocycles. The molecule has 5 heteroatoms. The number of halogens is 1. The van der Waals surface area contributed by atoms with Crippen LogP contribution < -0.4 is 15.4 Å². The van der Waals surface area contributed by atoms with Crippen LogP contribution in [0.5, 0.6) is 5.75 Å². The molecular weight excluding hydrogens is 287 g/mol. The van der Waals surface area contributed by atoms with Gasteiger partial charge in [-0.15, -0.1) is 0 Å². The van der Waals surface area contributed by atoms with Crippen molar-refractivity contribution in [3.63, 3.8) is 0 Å². The smallest absolute Gasteiger partial charge is 0.175 e. The number of rotatable bonds is 3. The second kappa shape index (κ2) is 6.54. The lowest BCUT2D eigenvalue weighted by Crippen LogP contribution is -2.20. The number of ether oxygens (including phenoxy) is 1. The molecule has 0 spiro atoms. The second-order valence-corrected chi connectivity index (χ2v) is 5.08. The Hall–Kier alpha value is -2.14. The molecule has 21 heavy (non-hydrogen) atoms. The van der Waals surface area contributed by atoms with Gasteiger partial charge in [-0.25, -0.2) is 4.39 Å². The van der Waals surface area contributed by atoms with Gasteiger partial charge in [0.1, 0.15) is 11.6 Å². The number of benzene rings is 2.